The summed E-state index contributed by atoms with van der Waals surface area (Å²) in [7, 11) is 0. The van der Waals surface area contributed by atoms with Crippen molar-refractivity contribution in [2.24, 2.45) is 5.92 Å². The van der Waals surface area contributed by atoms with E-state index in [4.69, 9.17) is 4.74 Å². The van der Waals surface area contributed by atoms with Gasteiger partial charge in [-0.2, -0.15) is 0 Å². The number of hydrogen-bond donors (Lipinski definition) is 2. The Bertz CT molecular complexity index is 977. The van der Waals surface area contributed by atoms with Gasteiger partial charge in [-0.15, -0.1) is 10.2 Å². The Morgan fingerprint density at radius 1 is 1.28 bits per heavy atom. The lowest BCUT2D eigenvalue weighted by molar-refractivity contribution is -0.914. The third-order valence-electron chi connectivity index (χ3n) is 5.83. The molecule has 2 fully saturated rings. The molecule has 1 saturated heterocycles. The van der Waals surface area contributed by atoms with Gasteiger partial charge in [0, 0.05) is 40.4 Å². The summed E-state index contributed by atoms with van der Waals surface area (Å²) in [4.78, 5) is 5.04. The van der Waals surface area contributed by atoms with Crippen LogP contribution in [-0.2, 0) is 4.74 Å². The molecule has 29 heavy (non-hydrogen) atoms. The van der Waals surface area contributed by atoms with E-state index in [0.29, 0.717) is 12.1 Å². The van der Waals surface area contributed by atoms with Crippen molar-refractivity contribution in [1.29, 1.82) is 0 Å². The van der Waals surface area contributed by atoms with E-state index in [-0.39, 0.29) is 0 Å². The quantitative estimate of drug-likeness (QED) is 0.586. The zero-order chi connectivity index (χ0) is 19.8. The van der Waals surface area contributed by atoms with E-state index < -0.39 is 0 Å². The molecule has 5 rings (SSSR count). The fraction of sp³-hybridized carbons (Fsp3) is 0.545. The minimum Gasteiger partial charge on any atom is -0.366 e. The van der Waals surface area contributed by atoms with Gasteiger partial charge in [-0.3, -0.25) is 4.57 Å². The van der Waals surface area contributed by atoms with Gasteiger partial charge in [0.15, 0.2) is 11.0 Å². The van der Waals surface area contributed by atoms with Crippen molar-refractivity contribution in [2.45, 2.75) is 44.0 Å². The maximum Gasteiger partial charge on any atom is 0.191 e. The van der Waals surface area contributed by atoms with Crippen LogP contribution in [0.2, 0.25) is 0 Å². The number of fused-ring (bicyclic) bond motifs is 1. The Morgan fingerprint density at radius 3 is 2.97 bits per heavy atom. The SMILES string of the molecule is CC(C)C[NH+]1CCO[C@@H](CSc2nnc(-c3c[nH]c4ccccc34)n2C2CC2)C1. The summed E-state index contributed by atoms with van der Waals surface area (Å²) >= 11 is 1.81. The number of thioether (sulfide) groups is 1. The number of aromatic nitrogens is 4. The lowest BCUT2D eigenvalue weighted by Gasteiger charge is -2.30. The van der Waals surface area contributed by atoms with E-state index in [1.807, 2.05) is 11.8 Å². The number of H-pyrrole nitrogens is 1. The number of nitrogens with zero attached hydrogens (tertiary/aromatic N) is 3. The molecule has 1 unspecified atom stereocenters. The average molecular weight is 413 g/mol. The second-order valence-corrected chi connectivity index (χ2v) is 9.75. The standard InChI is InChI=1S/C22H29N5OS/c1-15(2)12-26-9-10-28-17(13-26)14-29-22-25-24-21(27(22)16-7-8-16)19-11-23-20-6-4-3-5-18(19)20/h3-6,11,15-17,23H,7-10,12-14H2,1-2H3/p+1/t17-/m1/s1. The van der Waals surface area contributed by atoms with Crippen molar-refractivity contribution in [3.05, 3.63) is 30.5 Å². The van der Waals surface area contributed by atoms with Gasteiger partial charge in [-0.1, -0.05) is 43.8 Å². The molecule has 2 aromatic heterocycles. The van der Waals surface area contributed by atoms with E-state index in [1.165, 1.54) is 24.8 Å². The highest BCUT2D eigenvalue weighted by Gasteiger charge is 2.32. The molecule has 0 radical (unpaired) electrons. The first-order valence-electron chi connectivity index (χ1n) is 10.8. The number of hydrogen-bond acceptors (Lipinski definition) is 4. The molecule has 3 heterocycles. The summed E-state index contributed by atoms with van der Waals surface area (Å²) in [6.45, 7) is 8.92. The van der Waals surface area contributed by atoms with Crippen molar-refractivity contribution >= 4 is 22.7 Å². The van der Waals surface area contributed by atoms with Crippen molar-refractivity contribution in [3.63, 3.8) is 0 Å². The Balaban J connectivity index is 1.34. The molecule has 0 bridgehead atoms. The Morgan fingerprint density at radius 2 is 2.14 bits per heavy atom. The number of ether oxygens (including phenoxy) is 1. The smallest absolute Gasteiger partial charge is 0.191 e. The number of morpholine rings is 1. The first-order chi connectivity index (χ1) is 14.2. The lowest BCUT2D eigenvalue weighted by Crippen LogP contribution is -3.15. The van der Waals surface area contributed by atoms with Gasteiger partial charge in [0.2, 0.25) is 0 Å². The molecule has 0 amide bonds. The normalized spacial score (nSPS) is 22.6. The summed E-state index contributed by atoms with van der Waals surface area (Å²) in [5, 5.41) is 11.5. The maximum absolute atomic E-state index is 6.06. The summed E-state index contributed by atoms with van der Waals surface area (Å²) in [5.41, 5.74) is 2.29. The van der Waals surface area contributed by atoms with E-state index in [2.05, 4.69) is 64.1 Å². The van der Waals surface area contributed by atoms with E-state index >= 15 is 0 Å². The number of benzene rings is 1. The monoisotopic (exact) mass is 412 g/mol. The topological polar surface area (TPSA) is 60.2 Å². The molecular weight excluding hydrogens is 382 g/mol. The Labute approximate surface area is 176 Å². The second kappa shape index (κ2) is 8.13. The molecule has 0 spiro atoms. The summed E-state index contributed by atoms with van der Waals surface area (Å²) in [6, 6.07) is 8.94. The summed E-state index contributed by atoms with van der Waals surface area (Å²) in [5.74, 6) is 2.66. The summed E-state index contributed by atoms with van der Waals surface area (Å²) in [6.07, 6.45) is 4.79. The highest BCUT2D eigenvalue weighted by Crippen LogP contribution is 2.42. The average Bonchev–Trinajstić information content (AvgIpc) is 3.32. The number of quaternary nitrogens is 1. The molecule has 1 aliphatic heterocycles. The molecule has 6 nitrogen and oxygen atoms in total. The van der Waals surface area contributed by atoms with Crippen LogP contribution in [0.4, 0.5) is 0 Å². The van der Waals surface area contributed by atoms with Crippen molar-refractivity contribution < 1.29 is 9.64 Å². The van der Waals surface area contributed by atoms with Gasteiger partial charge in [0.05, 0.1) is 13.2 Å². The molecule has 2 N–H and O–H groups in total. The minimum atomic E-state index is 0.295. The first-order valence-corrected chi connectivity index (χ1v) is 11.8. The zero-order valence-electron chi connectivity index (χ0n) is 17.2. The van der Waals surface area contributed by atoms with Gasteiger partial charge in [-0.05, 0) is 18.9 Å². The van der Waals surface area contributed by atoms with Crippen molar-refractivity contribution in [3.8, 4) is 11.4 Å². The highest BCUT2D eigenvalue weighted by atomic mass is 32.2. The largest absolute Gasteiger partial charge is 0.366 e. The van der Waals surface area contributed by atoms with E-state index in [0.717, 1.165) is 53.4 Å². The Hall–Kier alpha value is -1.83. The van der Waals surface area contributed by atoms with Gasteiger partial charge >= 0.3 is 0 Å². The number of aromatic amines is 1. The fourth-order valence-corrected chi connectivity index (χ4v) is 5.39. The lowest BCUT2D eigenvalue weighted by atomic mass is 10.1. The van der Waals surface area contributed by atoms with Crippen LogP contribution in [-0.4, -0.2) is 57.8 Å². The second-order valence-electron chi connectivity index (χ2n) is 8.76. The van der Waals surface area contributed by atoms with E-state index in [9.17, 15) is 0 Å². The van der Waals surface area contributed by atoms with Crippen LogP contribution < -0.4 is 4.90 Å². The van der Waals surface area contributed by atoms with Gasteiger partial charge in [-0.25, -0.2) is 0 Å². The molecule has 2 aliphatic rings. The Kier molecular flexibility index (Phi) is 5.37. The third-order valence-corrected chi connectivity index (χ3v) is 6.90. The van der Waals surface area contributed by atoms with Crippen LogP contribution in [0.3, 0.4) is 0 Å². The predicted molar refractivity (Wildman–Crippen MR) is 116 cm³/mol. The highest BCUT2D eigenvalue weighted by molar-refractivity contribution is 7.99. The van der Waals surface area contributed by atoms with Crippen LogP contribution >= 0.6 is 11.8 Å². The predicted octanol–water partition coefficient (Wildman–Crippen LogP) is 2.79. The molecule has 3 aromatic rings. The van der Waals surface area contributed by atoms with Crippen LogP contribution in [0.25, 0.3) is 22.3 Å². The third kappa shape index (κ3) is 4.09. The number of nitrogens with one attached hydrogen (secondary N) is 2. The molecule has 2 atom stereocenters. The van der Waals surface area contributed by atoms with Gasteiger partial charge in [0.25, 0.3) is 0 Å². The number of para-hydroxylation sites is 1. The van der Waals surface area contributed by atoms with Crippen LogP contribution in [0.1, 0.15) is 32.7 Å². The maximum atomic E-state index is 6.06. The van der Waals surface area contributed by atoms with Gasteiger partial charge in [0.1, 0.15) is 19.2 Å². The van der Waals surface area contributed by atoms with Crippen molar-refractivity contribution in [2.75, 3.05) is 32.0 Å². The molecule has 7 heteroatoms. The first kappa shape index (κ1) is 19.2. The van der Waals surface area contributed by atoms with Crippen molar-refractivity contribution in [1.82, 2.24) is 19.7 Å². The molecular formula is C22H30N5OS+. The van der Waals surface area contributed by atoms with Crippen LogP contribution in [0.5, 0.6) is 0 Å². The molecule has 1 aliphatic carbocycles. The minimum absolute atomic E-state index is 0.295. The molecule has 1 aromatic carbocycles. The fourth-order valence-electron chi connectivity index (χ4n) is 4.37. The number of rotatable bonds is 7. The van der Waals surface area contributed by atoms with Gasteiger partial charge < -0.3 is 14.6 Å². The molecule has 1 saturated carbocycles. The van der Waals surface area contributed by atoms with Crippen LogP contribution in [0.15, 0.2) is 35.6 Å². The molecule has 154 valence electrons. The van der Waals surface area contributed by atoms with E-state index in [1.54, 1.807) is 4.90 Å². The van der Waals surface area contributed by atoms with Crippen LogP contribution in [0, 0.1) is 5.92 Å². The summed E-state index contributed by atoms with van der Waals surface area (Å²) < 4.78 is 8.42. The zero-order valence-corrected chi connectivity index (χ0v) is 18.0.